The standard InChI is InChI=1S/C30H32N4/c1-29(2,21-13-7-5-8-14-21)23-19-24(30(3,4)22-15-9-6-10-16-22)28(32)27(20-23)34-33-26-18-12-11-17-25(26)31/h5-20H,31-32H2,1-4H3. The van der Waals surface area contributed by atoms with Crippen LogP contribution in [0.2, 0.25) is 0 Å². The first-order chi connectivity index (χ1) is 16.2. The summed E-state index contributed by atoms with van der Waals surface area (Å²) in [5.74, 6) is 0. The normalized spacial score (nSPS) is 12.2. The van der Waals surface area contributed by atoms with Gasteiger partial charge in [0.25, 0.3) is 0 Å². The zero-order valence-corrected chi connectivity index (χ0v) is 20.3. The van der Waals surface area contributed by atoms with Gasteiger partial charge in [-0.25, -0.2) is 0 Å². The minimum Gasteiger partial charge on any atom is -0.397 e. The molecule has 0 unspecified atom stereocenters. The lowest BCUT2D eigenvalue weighted by Crippen LogP contribution is -2.24. The van der Waals surface area contributed by atoms with E-state index < -0.39 is 0 Å². The molecule has 4 N–H and O–H groups in total. The van der Waals surface area contributed by atoms with E-state index in [0.717, 1.165) is 11.1 Å². The van der Waals surface area contributed by atoms with Crippen molar-refractivity contribution in [2.45, 2.75) is 38.5 Å². The van der Waals surface area contributed by atoms with Gasteiger partial charge in [0.1, 0.15) is 11.4 Å². The summed E-state index contributed by atoms with van der Waals surface area (Å²) >= 11 is 0. The zero-order valence-electron chi connectivity index (χ0n) is 20.3. The van der Waals surface area contributed by atoms with E-state index in [1.165, 1.54) is 11.1 Å². The van der Waals surface area contributed by atoms with E-state index in [-0.39, 0.29) is 10.8 Å². The van der Waals surface area contributed by atoms with Crippen molar-refractivity contribution in [1.82, 2.24) is 0 Å². The molecule has 0 heterocycles. The van der Waals surface area contributed by atoms with E-state index >= 15 is 0 Å². The smallest absolute Gasteiger partial charge is 0.109 e. The molecule has 4 aromatic rings. The van der Waals surface area contributed by atoms with Crippen LogP contribution in [-0.4, -0.2) is 0 Å². The molecule has 4 nitrogen and oxygen atoms in total. The summed E-state index contributed by atoms with van der Waals surface area (Å²) in [6, 6.07) is 32.6. The average Bonchev–Trinajstić information content (AvgIpc) is 2.85. The number of nitrogen functional groups attached to an aromatic ring is 2. The Morgan fingerprint density at radius 1 is 0.529 bits per heavy atom. The van der Waals surface area contributed by atoms with Crippen LogP contribution in [0, 0.1) is 0 Å². The van der Waals surface area contributed by atoms with Crippen molar-refractivity contribution in [3.8, 4) is 0 Å². The van der Waals surface area contributed by atoms with Crippen LogP contribution in [0.15, 0.2) is 107 Å². The highest BCUT2D eigenvalue weighted by Gasteiger charge is 2.31. The van der Waals surface area contributed by atoms with Crippen molar-refractivity contribution >= 4 is 22.7 Å². The first-order valence-electron chi connectivity index (χ1n) is 11.5. The molecule has 0 aliphatic rings. The van der Waals surface area contributed by atoms with Gasteiger partial charge in [0, 0.05) is 10.8 Å². The van der Waals surface area contributed by atoms with Crippen molar-refractivity contribution in [2.75, 3.05) is 11.5 Å². The number of hydrogen-bond donors (Lipinski definition) is 2. The van der Waals surface area contributed by atoms with Gasteiger partial charge in [0.05, 0.1) is 11.4 Å². The third kappa shape index (κ3) is 4.44. The molecular formula is C30H32N4. The van der Waals surface area contributed by atoms with Gasteiger partial charge in [0.15, 0.2) is 0 Å². The molecule has 0 radical (unpaired) electrons. The summed E-state index contributed by atoms with van der Waals surface area (Å²) in [6.45, 7) is 8.85. The lowest BCUT2D eigenvalue weighted by molar-refractivity contribution is 0.619. The molecule has 34 heavy (non-hydrogen) atoms. The van der Waals surface area contributed by atoms with Crippen LogP contribution in [0.3, 0.4) is 0 Å². The van der Waals surface area contributed by atoms with E-state index in [9.17, 15) is 0 Å². The van der Waals surface area contributed by atoms with Crippen LogP contribution in [0.5, 0.6) is 0 Å². The maximum absolute atomic E-state index is 6.77. The van der Waals surface area contributed by atoms with Gasteiger partial charge < -0.3 is 11.5 Å². The van der Waals surface area contributed by atoms with Gasteiger partial charge in [-0.15, -0.1) is 10.2 Å². The molecule has 0 fully saturated rings. The molecule has 4 rings (SSSR count). The number of rotatable bonds is 6. The second-order valence-corrected chi connectivity index (χ2v) is 9.70. The maximum atomic E-state index is 6.77. The number of benzene rings is 4. The summed E-state index contributed by atoms with van der Waals surface area (Å²) in [7, 11) is 0. The van der Waals surface area contributed by atoms with E-state index in [2.05, 4.69) is 98.6 Å². The molecular weight excluding hydrogens is 416 g/mol. The molecule has 0 aliphatic heterocycles. The van der Waals surface area contributed by atoms with Crippen LogP contribution >= 0.6 is 0 Å². The topological polar surface area (TPSA) is 76.8 Å². The quantitative estimate of drug-likeness (QED) is 0.232. The molecule has 0 spiro atoms. The van der Waals surface area contributed by atoms with E-state index in [1.807, 2.05) is 36.4 Å². The van der Waals surface area contributed by atoms with Crippen molar-refractivity contribution in [3.05, 3.63) is 119 Å². The Labute approximate surface area is 202 Å². The summed E-state index contributed by atoms with van der Waals surface area (Å²) in [5, 5.41) is 9.04. The van der Waals surface area contributed by atoms with Gasteiger partial charge in [-0.1, -0.05) is 107 Å². The largest absolute Gasteiger partial charge is 0.397 e. The number of para-hydroxylation sites is 1. The Morgan fingerprint density at radius 3 is 1.62 bits per heavy atom. The molecule has 0 saturated carbocycles. The van der Waals surface area contributed by atoms with E-state index in [0.29, 0.717) is 22.7 Å². The summed E-state index contributed by atoms with van der Waals surface area (Å²) < 4.78 is 0. The number of hydrogen-bond acceptors (Lipinski definition) is 4. The molecule has 4 aromatic carbocycles. The zero-order chi connectivity index (χ0) is 24.3. The van der Waals surface area contributed by atoms with Crippen LogP contribution in [0.1, 0.15) is 49.9 Å². The fourth-order valence-electron chi connectivity index (χ4n) is 4.32. The Kier molecular flexibility index (Phi) is 6.25. The summed E-state index contributed by atoms with van der Waals surface area (Å²) in [4.78, 5) is 0. The van der Waals surface area contributed by atoms with Gasteiger partial charge in [-0.2, -0.15) is 0 Å². The van der Waals surface area contributed by atoms with Crippen molar-refractivity contribution in [1.29, 1.82) is 0 Å². The van der Waals surface area contributed by atoms with E-state index in [1.54, 1.807) is 0 Å². The lowest BCUT2D eigenvalue weighted by Gasteiger charge is -2.32. The number of nitrogens with zero attached hydrogens (tertiary/aromatic N) is 2. The predicted molar refractivity (Wildman–Crippen MR) is 143 cm³/mol. The first kappa shape index (κ1) is 23.2. The SMILES string of the molecule is CC(C)(c1ccccc1)c1cc(N=Nc2ccccc2N)c(N)c(C(C)(C)c2ccccc2)c1. The number of anilines is 2. The Bertz CT molecular complexity index is 1310. The summed E-state index contributed by atoms with van der Waals surface area (Å²) in [6.07, 6.45) is 0. The Balaban J connectivity index is 1.92. The van der Waals surface area contributed by atoms with Crippen LogP contribution in [0.4, 0.5) is 22.7 Å². The third-order valence-corrected chi connectivity index (χ3v) is 6.75. The van der Waals surface area contributed by atoms with Gasteiger partial charge in [-0.05, 0) is 40.5 Å². The second-order valence-electron chi connectivity index (χ2n) is 9.70. The van der Waals surface area contributed by atoms with Gasteiger partial charge in [-0.3, -0.25) is 0 Å². The number of nitrogens with two attached hydrogens (primary N) is 2. The first-order valence-corrected chi connectivity index (χ1v) is 11.5. The number of azo groups is 1. The van der Waals surface area contributed by atoms with Crippen LogP contribution in [0.25, 0.3) is 0 Å². The minimum atomic E-state index is -0.329. The highest BCUT2D eigenvalue weighted by molar-refractivity contribution is 5.72. The fraction of sp³-hybridized carbons (Fsp3) is 0.200. The Morgan fingerprint density at radius 2 is 1.03 bits per heavy atom. The van der Waals surface area contributed by atoms with Crippen LogP contribution < -0.4 is 11.5 Å². The molecule has 0 atom stereocenters. The van der Waals surface area contributed by atoms with Crippen molar-refractivity contribution in [3.63, 3.8) is 0 Å². The fourth-order valence-corrected chi connectivity index (χ4v) is 4.32. The average molecular weight is 449 g/mol. The minimum absolute atomic E-state index is 0.257. The highest BCUT2D eigenvalue weighted by Crippen LogP contribution is 2.44. The molecule has 0 aromatic heterocycles. The molecule has 172 valence electrons. The highest BCUT2D eigenvalue weighted by atomic mass is 15.1. The van der Waals surface area contributed by atoms with E-state index in [4.69, 9.17) is 11.5 Å². The lowest BCUT2D eigenvalue weighted by atomic mass is 9.72. The predicted octanol–water partition coefficient (Wildman–Crippen LogP) is 7.92. The second kappa shape index (κ2) is 9.14. The van der Waals surface area contributed by atoms with Crippen LogP contribution in [-0.2, 0) is 10.8 Å². The molecule has 0 bridgehead atoms. The van der Waals surface area contributed by atoms with Crippen molar-refractivity contribution < 1.29 is 0 Å². The van der Waals surface area contributed by atoms with Crippen molar-refractivity contribution in [2.24, 2.45) is 10.2 Å². The molecule has 0 saturated heterocycles. The molecule has 4 heteroatoms. The Hall–Kier alpha value is -3.92. The van der Waals surface area contributed by atoms with Gasteiger partial charge in [0.2, 0.25) is 0 Å². The maximum Gasteiger partial charge on any atom is 0.109 e. The molecule has 0 amide bonds. The summed E-state index contributed by atoms with van der Waals surface area (Å²) in [5.41, 5.74) is 19.3. The van der Waals surface area contributed by atoms with Gasteiger partial charge >= 0.3 is 0 Å². The molecule has 0 aliphatic carbocycles. The monoisotopic (exact) mass is 448 g/mol. The third-order valence-electron chi connectivity index (χ3n) is 6.75.